The van der Waals surface area contributed by atoms with Crippen LogP contribution in [-0.2, 0) is 0 Å². The zero-order valence-electron chi connectivity index (χ0n) is 10.2. The number of rotatable bonds is 2. The molecule has 0 spiro atoms. The first kappa shape index (κ1) is 11.4. The normalized spacial score (nSPS) is 30.5. The molecule has 3 atom stereocenters. The van der Waals surface area contributed by atoms with E-state index < -0.39 is 4.92 Å². The van der Waals surface area contributed by atoms with E-state index in [1.165, 1.54) is 6.07 Å². The quantitative estimate of drug-likeness (QED) is 0.625. The van der Waals surface area contributed by atoms with E-state index in [-0.39, 0.29) is 5.82 Å². The Bertz CT molecular complexity index is 462. The van der Waals surface area contributed by atoms with Gasteiger partial charge in [-0.2, -0.15) is 0 Å². The first-order chi connectivity index (χ1) is 8.66. The van der Waals surface area contributed by atoms with Crippen LogP contribution in [0.1, 0.15) is 6.92 Å². The molecule has 2 fully saturated rings. The first-order valence-electron chi connectivity index (χ1n) is 6.24. The molecule has 2 aliphatic rings. The molecule has 96 valence electrons. The molecular formula is C12H16N4O2. The molecule has 1 aromatic rings. The Labute approximate surface area is 105 Å². The zero-order valence-corrected chi connectivity index (χ0v) is 10.2. The molecule has 2 saturated heterocycles. The average Bonchev–Trinajstić information content (AvgIpc) is 2.93. The monoisotopic (exact) mass is 248 g/mol. The third-order valence-electron chi connectivity index (χ3n) is 4.19. The fourth-order valence-corrected chi connectivity index (χ4v) is 3.16. The number of nitrogens with zero attached hydrogens (tertiary/aromatic N) is 3. The number of pyridine rings is 1. The van der Waals surface area contributed by atoms with E-state index in [0.717, 1.165) is 25.3 Å². The lowest BCUT2D eigenvalue weighted by Gasteiger charge is -2.25. The van der Waals surface area contributed by atoms with Gasteiger partial charge in [0.2, 0.25) is 0 Å². The third-order valence-corrected chi connectivity index (χ3v) is 4.19. The van der Waals surface area contributed by atoms with E-state index >= 15 is 0 Å². The minimum Gasteiger partial charge on any atom is -0.365 e. The molecule has 3 unspecified atom stereocenters. The predicted octanol–water partition coefficient (Wildman–Crippen LogP) is 1.03. The number of nitro groups is 1. The predicted molar refractivity (Wildman–Crippen MR) is 67.5 cm³/mol. The van der Waals surface area contributed by atoms with Crippen molar-refractivity contribution in [1.29, 1.82) is 0 Å². The van der Waals surface area contributed by atoms with E-state index in [4.69, 9.17) is 0 Å². The van der Waals surface area contributed by atoms with Crippen molar-refractivity contribution in [2.45, 2.75) is 13.0 Å². The van der Waals surface area contributed by atoms with Gasteiger partial charge in [-0.05, 0) is 34.7 Å². The van der Waals surface area contributed by atoms with Gasteiger partial charge in [-0.25, -0.2) is 0 Å². The summed E-state index contributed by atoms with van der Waals surface area (Å²) in [7, 11) is 0. The maximum atomic E-state index is 10.6. The smallest absolute Gasteiger partial charge is 0.363 e. The van der Waals surface area contributed by atoms with Crippen molar-refractivity contribution >= 4 is 11.5 Å². The molecule has 18 heavy (non-hydrogen) atoms. The lowest BCUT2D eigenvalue weighted by atomic mass is 9.95. The van der Waals surface area contributed by atoms with Gasteiger partial charge in [0.15, 0.2) is 6.20 Å². The van der Waals surface area contributed by atoms with Gasteiger partial charge in [-0.15, -0.1) is 0 Å². The summed E-state index contributed by atoms with van der Waals surface area (Å²) in [6.45, 7) is 5.38. The highest BCUT2D eigenvalue weighted by atomic mass is 16.6. The van der Waals surface area contributed by atoms with Gasteiger partial charge < -0.3 is 20.3 Å². The summed E-state index contributed by atoms with van der Waals surface area (Å²) < 4.78 is 0. The van der Waals surface area contributed by atoms with E-state index in [9.17, 15) is 10.1 Å². The number of hydrogen-bond donors (Lipinski definition) is 1. The third kappa shape index (κ3) is 1.73. The van der Waals surface area contributed by atoms with Crippen LogP contribution in [0, 0.1) is 22.0 Å². The van der Waals surface area contributed by atoms with Gasteiger partial charge in [0.25, 0.3) is 0 Å². The van der Waals surface area contributed by atoms with Crippen molar-refractivity contribution in [3.63, 3.8) is 0 Å². The molecule has 0 radical (unpaired) electrons. The Hall–Kier alpha value is -1.69. The van der Waals surface area contributed by atoms with E-state index in [1.54, 1.807) is 12.3 Å². The highest BCUT2D eigenvalue weighted by Gasteiger charge is 2.42. The van der Waals surface area contributed by atoms with E-state index in [0.29, 0.717) is 17.9 Å². The molecule has 0 saturated carbocycles. The van der Waals surface area contributed by atoms with Crippen molar-refractivity contribution in [3.05, 3.63) is 28.4 Å². The molecule has 0 aliphatic carbocycles. The van der Waals surface area contributed by atoms with E-state index in [1.807, 2.05) is 0 Å². The Balaban J connectivity index is 1.81. The van der Waals surface area contributed by atoms with Gasteiger partial charge >= 0.3 is 5.82 Å². The Morgan fingerprint density at radius 3 is 2.94 bits per heavy atom. The first-order valence-corrected chi connectivity index (χ1v) is 6.24. The number of hydrogen-bond acceptors (Lipinski definition) is 5. The van der Waals surface area contributed by atoms with Crippen molar-refractivity contribution in [3.8, 4) is 0 Å². The minimum atomic E-state index is -0.462. The minimum absolute atomic E-state index is 0.0903. The maximum absolute atomic E-state index is 10.6. The summed E-state index contributed by atoms with van der Waals surface area (Å²) in [5, 5.41) is 14.0. The highest BCUT2D eigenvalue weighted by molar-refractivity contribution is 5.49. The number of fused-ring (bicyclic) bond motifs is 1. The Kier molecular flexibility index (Phi) is 2.66. The molecule has 0 amide bonds. The largest absolute Gasteiger partial charge is 0.365 e. The summed E-state index contributed by atoms with van der Waals surface area (Å²) in [4.78, 5) is 16.3. The molecule has 0 bridgehead atoms. The number of aromatic nitrogens is 1. The molecule has 0 aromatic carbocycles. The molecular weight excluding hydrogens is 232 g/mol. The molecule has 2 aliphatic heterocycles. The van der Waals surface area contributed by atoms with Crippen LogP contribution < -0.4 is 10.2 Å². The fourth-order valence-electron chi connectivity index (χ4n) is 3.16. The molecule has 3 rings (SSSR count). The Morgan fingerprint density at radius 2 is 2.33 bits per heavy atom. The molecule has 1 N–H and O–H groups in total. The summed E-state index contributed by atoms with van der Waals surface area (Å²) >= 11 is 0. The highest BCUT2D eigenvalue weighted by Crippen LogP contribution is 2.35. The SMILES string of the molecule is CC1C2CNCC2CN1c1ccc([N+](=O)[O-])nc1. The lowest BCUT2D eigenvalue weighted by molar-refractivity contribution is -0.389. The van der Waals surface area contributed by atoms with Crippen LogP contribution in [0.5, 0.6) is 0 Å². The second-order valence-corrected chi connectivity index (χ2v) is 5.11. The second kappa shape index (κ2) is 4.20. The summed E-state index contributed by atoms with van der Waals surface area (Å²) in [6.07, 6.45) is 1.61. The van der Waals surface area contributed by atoms with Crippen LogP contribution in [0.2, 0.25) is 0 Å². The molecule has 1 aromatic heterocycles. The van der Waals surface area contributed by atoms with Gasteiger partial charge in [-0.3, -0.25) is 0 Å². The van der Waals surface area contributed by atoms with Crippen LogP contribution in [0.3, 0.4) is 0 Å². The Morgan fingerprint density at radius 1 is 1.50 bits per heavy atom. The molecule has 3 heterocycles. The zero-order chi connectivity index (χ0) is 12.7. The van der Waals surface area contributed by atoms with Crippen LogP contribution >= 0.6 is 0 Å². The van der Waals surface area contributed by atoms with Crippen molar-refractivity contribution in [2.75, 3.05) is 24.5 Å². The van der Waals surface area contributed by atoms with Crippen LogP contribution in [0.25, 0.3) is 0 Å². The van der Waals surface area contributed by atoms with Gasteiger partial charge in [0.1, 0.15) is 0 Å². The topological polar surface area (TPSA) is 71.3 Å². The van der Waals surface area contributed by atoms with Crippen LogP contribution in [-0.4, -0.2) is 35.6 Å². The summed E-state index contributed by atoms with van der Waals surface area (Å²) in [5.74, 6) is 1.28. The second-order valence-electron chi connectivity index (χ2n) is 5.11. The number of nitrogens with one attached hydrogen (secondary N) is 1. The maximum Gasteiger partial charge on any atom is 0.363 e. The van der Waals surface area contributed by atoms with E-state index in [2.05, 4.69) is 22.1 Å². The van der Waals surface area contributed by atoms with Gasteiger partial charge in [-0.1, -0.05) is 0 Å². The van der Waals surface area contributed by atoms with Gasteiger partial charge in [0, 0.05) is 31.7 Å². The van der Waals surface area contributed by atoms with Crippen molar-refractivity contribution < 1.29 is 4.92 Å². The standard InChI is InChI=1S/C12H16N4O2/c1-8-11-6-13-4-9(11)7-15(8)10-2-3-12(14-5-10)16(17)18/h2-3,5,8-9,11,13H,4,6-7H2,1H3. The molecule has 6 nitrogen and oxygen atoms in total. The summed E-state index contributed by atoms with van der Waals surface area (Å²) in [6, 6.07) is 3.75. The van der Waals surface area contributed by atoms with Crippen LogP contribution in [0.15, 0.2) is 18.3 Å². The summed E-state index contributed by atoms with van der Waals surface area (Å²) in [5.41, 5.74) is 0.988. The van der Waals surface area contributed by atoms with Gasteiger partial charge in [0.05, 0.1) is 5.69 Å². The van der Waals surface area contributed by atoms with Crippen LogP contribution in [0.4, 0.5) is 11.5 Å². The van der Waals surface area contributed by atoms with Crippen molar-refractivity contribution in [1.82, 2.24) is 10.3 Å². The molecule has 6 heteroatoms. The fraction of sp³-hybridized carbons (Fsp3) is 0.583. The lowest BCUT2D eigenvalue weighted by Crippen LogP contribution is -2.33. The van der Waals surface area contributed by atoms with Crippen molar-refractivity contribution in [2.24, 2.45) is 11.8 Å². The number of anilines is 1. The average molecular weight is 248 g/mol.